The van der Waals surface area contributed by atoms with Gasteiger partial charge in [0.25, 0.3) is 0 Å². The maximum absolute atomic E-state index is 10.5. The van der Waals surface area contributed by atoms with Gasteiger partial charge in [-0.25, -0.2) is 0 Å². The Balaban J connectivity index is 2.14. The van der Waals surface area contributed by atoms with Crippen LogP contribution in [0.4, 0.5) is 0 Å². The predicted molar refractivity (Wildman–Crippen MR) is 115 cm³/mol. The molecule has 0 atom stereocenters. The average molecular weight is 369 g/mol. The van der Waals surface area contributed by atoms with Crippen LogP contribution in [-0.2, 0) is 12.8 Å². The molecule has 0 spiro atoms. The summed E-state index contributed by atoms with van der Waals surface area (Å²) >= 11 is 0. The number of aromatic hydroxyl groups is 1. The van der Waals surface area contributed by atoms with Gasteiger partial charge in [0.2, 0.25) is 0 Å². The van der Waals surface area contributed by atoms with Gasteiger partial charge >= 0.3 is 0 Å². The monoisotopic (exact) mass is 368 g/mol. The van der Waals surface area contributed by atoms with E-state index in [2.05, 4.69) is 19.9 Å². The van der Waals surface area contributed by atoms with Gasteiger partial charge in [-0.05, 0) is 49.4 Å². The maximum atomic E-state index is 10.5. The second-order valence-corrected chi connectivity index (χ2v) is 7.44. The van der Waals surface area contributed by atoms with E-state index in [9.17, 15) is 5.11 Å². The van der Waals surface area contributed by atoms with E-state index in [1.807, 2.05) is 30.3 Å². The van der Waals surface area contributed by atoms with E-state index in [0.717, 1.165) is 25.0 Å². The molecule has 2 heteroatoms. The average Bonchev–Trinajstić information content (AvgIpc) is 2.69. The van der Waals surface area contributed by atoms with Crippen molar-refractivity contribution in [3.05, 3.63) is 53.6 Å². The summed E-state index contributed by atoms with van der Waals surface area (Å²) in [4.78, 5) is 0. The Morgan fingerprint density at radius 3 is 2.07 bits per heavy atom. The van der Waals surface area contributed by atoms with Crippen molar-refractivity contribution in [2.45, 2.75) is 84.5 Å². The van der Waals surface area contributed by atoms with Gasteiger partial charge in [0.1, 0.15) is 5.75 Å². The third kappa shape index (κ3) is 7.28. The number of aryl methyl sites for hydroxylation is 1. The van der Waals surface area contributed by atoms with Gasteiger partial charge in [0.05, 0.1) is 0 Å². The zero-order valence-electron chi connectivity index (χ0n) is 17.2. The third-order valence-electron chi connectivity index (χ3n) is 5.13. The molecule has 1 N–H and O–H groups in total. The molecule has 0 aromatic heterocycles. The molecule has 148 valence electrons. The number of para-hydroxylation sites is 1. The number of phenolic OH excluding ortho intramolecular Hbond substituents is 1. The van der Waals surface area contributed by atoms with E-state index in [1.54, 1.807) is 6.07 Å². The first-order valence-electron chi connectivity index (χ1n) is 10.8. The van der Waals surface area contributed by atoms with Crippen molar-refractivity contribution >= 4 is 0 Å². The zero-order valence-corrected chi connectivity index (χ0v) is 17.2. The van der Waals surface area contributed by atoms with E-state index >= 15 is 0 Å². The van der Waals surface area contributed by atoms with Gasteiger partial charge in [-0.15, -0.1) is 0 Å². The maximum Gasteiger partial charge on any atom is 0.172 e. The Hall–Kier alpha value is -1.96. The standard InChI is InChI=1S/C25H36O2/c1-3-5-7-8-9-14-18-23-21(15-11-6-4-2)19-20-24(26)25(23)27-22-16-12-10-13-17-22/h10,12-13,16-17,19-20,26H,3-9,11,14-15,18H2,1-2H3. The minimum absolute atomic E-state index is 0.249. The summed E-state index contributed by atoms with van der Waals surface area (Å²) in [5, 5.41) is 10.5. The first-order valence-corrected chi connectivity index (χ1v) is 10.8. The van der Waals surface area contributed by atoms with Crippen molar-refractivity contribution in [3.63, 3.8) is 0 Å². The number of hydrogen-bond acceptors (Lipinski definition) is 2. The lowest BCUT2D eigenvalue weighted by Crippen LogP contribution is -2.00. The van der Waals surface area contributed by atoms with E-state index < -0.39 is 0 Å². The van der Waals surface area contributed by atoms with Crippen molar-refractivity contribution in [1.29, 1.82) is 0 Å². The highest BCUT2D eigenvalue weighted by molar-refractivity contribution is 5.52. The lowest BCUT2D eigenvalue weighted by atomic mass is 9.95. The Morgan fingerprint density at radius 2 is 1.33 bits per heavy atom. The molecule has 0 bridgehead atoms. The Labute approximate surface area is 165 Å². The van der Waals surface area contributed by atoms with E-state index in [-0.39, 0.29) is 5.75 Å². The molecule has 0 aliphatic rings. The summed E-state index contributed by atoms with van der Waals surface area (Å²) in [6, 6.07) is 13.7. The first-order chi connectivity index (χ1) is 13.3. The Morgan fingerprint density at radius 1 is 0.704 bits per heavy atom. The minimum atomic E-state index is 0.249. The van der Waals surface area contributed by atoms with Gasteiger partial charge in [0, 0.05) is 5.56 Å². The molecule has 0 aliphatic carbocycles. The number of ether oxygens (including phenoxy) is 1. The molecule has 0 saturated carbocycles. The topological polar surface area (TPSA) is 29.5 Å². The van der Waals surface area contributed by atoms with Gasteiger partial charge in [0.15, 0.2) is 11.5 Å². The van der Waals surface area contributed by atoms with Crippen LogP contribution in [0.2, 0.25) is 0 Å². The van der Waals surface area contributed by atoms with Crippen LogP contribution in [0.15, 0.2) is 42.5 Å². The molecule has 2 nitrogen and oxygen atoms in total. The van der Waals surface area contributed by atoms with Crippen molar-refractivity contribution in [2.75, 3.05) is 0 Å². The minimum Gasteiger partial charge on any atom is -0.504 e. The predicted octanol–water partition coefficient (Wildman–Crippen LogP) is 7.82. The van der Waals surface area contributed by atoms with Gasteiger partial charge in [-0.3, -0.25) is 0 Å². The number of hydrogen-bond donors (Lipinski definition) is 1. The molecule has 0 saturated heterocycles. The number of phenols is 1. The van der Waals surface area contributed by atoms with E-state index in [4.69, 9.17) is 4.74 Å². The third-order valence-corrected chi connectivity index (χ3v) is 5.13. The van der Waals surface area contributed by atoms with Crippen molar-refractivity contribution in [2.24, 2.45) is 0 Å². The summed E-state index contributed by atoms with van der Waals surface area (Å²) in [5.74, 6) is 1.69. The second-order valence-electron chi connectivity index (χ2n) is 7.44. The SMILES string of the molecule is CCCCCCCCc1c(CCCCC)ccc(O)c1Oc1ccccc1. The molecule has 0 heterocycles. The number of unbranched alkanes of at least 4 members (excludes halogenated alkanes) is 7. The van der Waals surface area contributed by atoms with Crippen LogP contribution in [0.3, 0.4) is 0 Å². The fraction of sp³-hybridized carbons (Fsp3) is 0.520. The normalized spacial score (nSPS) is 10.9. The highest BCUT2D eigenvalue weighted by Crippen LogP contribution is 2.38. The van der Waals surface area contributed by atoms with Crippen LogP contribution < -0.4 is 4.74 Å². The molecule has 0 radical (unpaired) electrons. The molecule has 2 rings (SSSR count). The van der Waals surface area contributed by atoms with Crippen molar-refractivity contribution < 1.29 is 9.84 Å². The molecule has 0 fully saturated rings. The highest BCUT2D eigenvalue weighted by Gasteiger charge is 2.15. The Kier molecular flexibility index (Phi) is 9.83. The van der Waals surface area contributed by atoms with Gasteiger partial charge < -0.3 is 9.84 Å². The molecular weight excluding hydrogens is 332 g/mol. The first kappa shape index (κ1) is 21.3. The number of benzene rings is 2. The molecule has 2 aromatic carbocycles. The van der Waals surface area contributed by atoms with Crippen LogP contribution in [-0.4, -0.2) is 5.11 Å². The van der Waals surface area contributed by atoms with Crippen LogP contribution >= 0.6 is 0 Å². The number of rotatable bonds is 13. The summed E-state index contributed by atoms with van der Waals surface area (Å²) in [6.45, 7) is 4.49. The fourth-order valence-corrected chi connectivity index (χ4v) is 3.53. The van der Waals surface area contributed by atoms with Gasteiger partial charge in [-0.2, -0.15) is 0 Å². The molecule has 0 amide bonds. The quantitative estimate of drug-likeness (QED) is 0.365. The van der Waals surface area contributed by atoms with Gasteiger partial charge in [-0.1, -0.05) is 83.1 Å². The summed E-state index contributed by atoms with van der Waals surface area (Å²) in [6.07, 6.45) is 13.3. The van der Waals surface area contributed by atoms with Crippen LogP contribution in [0.1, 0.15) is 82.8 Å². The van der Waals surface area contributed by atoms with Crippen LogP contribution in [0.5, 0.6) is 17.2 Å². The fourth-order valence-electron chi connectivity index (χ4n) is 3.53. The summed E-state index contributed by atoms with van der Waals surface area (Å²) in [5.41, 5.74) is 2.53. The zero-order chi connectivity index (χ0) is 19.3. The second kappa shape index (κ2) is 12.4. The van der Waals surface area contributed by atoms with Crippen molar-refractivity contribution in [1.82, 2.24) is 0 Å². The summed E-state index contributed by atoms with van der Waals surface area (Å²) < 4.78 is 6.13. The van der Waals surface area contributed by atoms with E-state index in [0.29, 0.717) is 5.75 Å². The summed E-state index contributed by atoms with van der Waals surface area (Å²) in [7, 11) is 0. The molecule has 0 aliphatic heterocycles. The van der Waals surface area contributed by atoms with Crippen molar-refractivity contribution in [3.8, 4) is 17.2 Å². The largest absolute Gasteiger partial charge is 0.504 e. The van der Waals surface area contributed by atoms with Crippen LogP contribution in [0, 0.1) is 0 Å². The molecule has 0 unspecified atom stereocenters. The smallest absolute Gasteiger partial charge is 0.172 e. The van der Waals surface area contributed by atoms with E-state index in [1.165, 1.54) is 62.5 Å². The lowest BCUT2D eigenvalue weighted by molar-refractivity contribution is 0.405. The molecule has 27 heavy (non-hydrogen) atoms. The highest BCUT2D eigenvalue weighted by atomic mass is 16.5. The molecule has 2 aromatic rings. The molecular formula is C25H36O2. The Bertz CT molecular complexity index is 649. The lowest BCUT2D eigenvalue weighted by Gasteiger charge is -2.17. The van der Waals surface area contributed by atoms with Crippen LogP contribution in [0.25, 0.3) is 0 Å².